The zero-order valence-corrected chi connectivity index (χ0v) is 12.9. The second kappa shape index (κ2) is 9.85. The molecule has 0 aliphatic heterocycles. The van der Waals surface area contributed by atoms with Crippen molar-refractivity contribution in [2.24, 2.45) is 0 Å². The van der Waals surface area contributed by atoms with Crippen molar-refractivity contribution in [3.8, 4) is 0 Å². The summed E-state index contributed by atoms with van der Waals surface area (Å²) >= 11 is 0. The molecule has 19 heavy (non-hydrogen) atoms. The van der Waals surface area contributed by atoms with E-state index in [1.807, 2.05) is 0 Å². The van der Waals surface area contributed by atoms with Gasteiger partial charge in [0, 0.05) is 19.3 Å². The summed E-state index contributed by atoms with van der Waals surface area (Å²) in [6, 6.07) is 8.96. The van der Waals surface area contributed by atoms with Crippen molar-refractivity contribution in [2.75, 3.05) is 31.6 Å². The van der Waals surface area contributed by atoms with Gasteiger partial charge in [-0.2, -0.15) is 0 Å². The zero-order valence-electron chi connectivity index (χ0n) is 12.9. The topological polar surface area (TPSA) is 15.3 Å². The fourth-order valence-electron chi connectivity index (χ4n) is 2.24. The molecule has 1 rings (SSSR count). The number of rotatable bonds is 10. The van der Waals surface area contributed by atoms with Crippen molar-refractivity contribution in [1.82, 2.24) is 5.32 Å². The lowest BCUT2D eigenvalue weighted by Gasteiger charge is -2.19. The molecule has 1 aromatic carbocycles. The average molecular weight is 262 g/mol. The average Bonchev–Trinajstić information content (AvgIpc) is 2.46. The van der Waals surface area contributed by atoms with Gasteiger partial charge in [-0.05, 0) is 50.0 Å². The van der Waals surface area contributed by atoms with Gasteiger partial charge in [0.15, 0.2) is 0 Å². The first-order valence-electron chi connectivity index (χ1n) is 7.78. The predicted octanol–water partition coefficient (Wildman–Crippen LogP) is 3.86. The van der Waals surface area contributed by atoms with Crippen molar-refractivity contribution in [3.63, 3.8) is 0 Å². The lowest BCUT2D eigenvalue weighted by atomic mass is 10.1. The number of benzene rings is 1. The number of nitrogens with zero attached hydrogens (tertiary/aromatic N) is 1. The summed E-state index contributed by atoms with van der Waals surface area (Å²) in [7, 11) is 2.19. The molecule has 0 saturated heterocycles. The Kier molecular flexibility index (Phi) is 8.31. The molecule has 0 aliphatic rings. The van der Waals surface area contributed by atoms with E-state index in [4.69, 9.17) is 0 Å². The first-order chi connectivity index (χ1) is 9.27. The molecule has 1 N–H and O–H groups in total. The van der Waals surface area contributed by atoms with Gasteiger partial charge in [-0.15, -0.1) is 0 Å². The van der Waals surface area contributed by atoms with Crippen LogP contribution in [0.25, 0.3) is 0 Å². The molecule has 0 bridgehead atoms. The zero-order chi connectivity index (χ0) is 13.9. The van der Waals surface area contributed by atoms with E-state index in [2.05, 4.69) is 55.4 Å². The van der Waals surface area contributed by atoms with Gasteiger partial charge >= 0.3 is 0 Å². The van der Waals surface area contributed by atoms with Crippen LogP contribution < -0.4 is 10.2 Å². The highest BCUT2D eigenvalue weighted by atomic mass is 15.1. The number of hydrogen-bond acceptors (Lipinski definition) is 2. The summed E-state index contributed by atoms with van der Waals surface area (Å²) in [4.78, 5) is 2.36. The molecule has 0 amide bonds. The smallest absolute Gasteiger partial charge is 0.0363 e. The minimum Gasteiger partial charge on any atom is -0.375 e. The van der Waals surface area contributed by atoms with Crippen molar-refractivity contribution in [1.29, 1.82) is 0 Å². The molecular weight excluding hydrogens is 232 g/mol. The van der Waals surface area contributed by atoms with Gasteiger partial charge in [0.1, 0.15) is 0 Å². The van der Waals surface area contributed by atoms with Crippen molar-refractivity contribution >= 4 is 5.69 Å². The molecule has 0 saturated carbocycles. The van der Waals surface area contributed by atoms with E-state index in [0.717, 1.165) is 19.5 Å². The second-order valence-electron chi connectivity index (χ2n) is 5.21. The van der Waals surface area contributed by atoms with Crippen LogP contribution in [-0.2, 0) is 6.42 Å². The van der Waals surface area contributed by atoms with Crippen LogP contribution in [0.5, 0.6) is 0 Å². The molecule has 0 heterocycles. The molecule has 0 radical (unpaired) electrons. The van der Waals surface area contributed by atoms with Crippen molar-refractivity contribution < 1.29 is 0 Å². The summed E-state index contributed by atoms with van der Waals surface area (Å²) < 4.78 is 0. The molecule has 0 aliphatic carbocycles. The maximum Gasteiger partial charge on any atom is 0.0363 e. The molecule has 0 fully saturated rings. The van der Waals surface area contributed by atoms with Gasteiger partial charge in [-0.25, -0.2) is 0 Å². The monoisotopic (exact) mass is 262 g/mol. The Morgan fingerprint density at radius 1 is 0.947 bits per heavy atom. The maximum atomic E-state index is 3.37. The number of unbranched alkanes of at least 4 members (excludes halogenated alkanes) is 3. The fraction of sp³-hybridized carbons (Fsp3) is 0.647. The third kappa shape index (κ3) is 6.63. The van der Waals surface area contributed by atoms with E-state index in [9.17, 15) is 0 Å². The van der Waals surface area contributed by atoms with E-state index in [1.54, 1.807) is 0 Å². The van der Waals surface area contributed by atoms with Gasteiger partial charge in [-0.1, -0.05) is 38.8 Å². The van der Waals surface area contributed by atoms with E-state index in [0.29, 0.717) is 0 Å². The Labute approximate surface area is 119 Å². The highest BCUT2D eigenvalue weighted by molar-refractivity contribution is 5.46. The maximum absolute atomic E-state index is 3.37. The van der Waals surface area contributed by atoms with Gasteiger partial charge < -0.3 is 10.2 Å². The van der Waals surface area contributed by atoms with Crippen LogP contribution in [0, 0.1) is 0 Å². The van der Waals surface area contributed by atoms with E-state index < -0.39 is 0 Å². The molecular formula is C17H30N2. The second-order valence-corrected chi connectivity index (χ2v) is 5.21. The van der Waals surface area contributed by atoms with Crippen LogP contribution in [0.2, 0.25) is 0 Å². The number of aryl methyl sites for hydroxylation is 1. The summed E-state index contributed by atoms with van der Waals surface area (Å²) in [6.07, 6.45) is 6.40. The van der Waals surface area contributed by atoms with Crippen molar-refractivity contribution in [3.05, 3.63) is 29.8 Å². The Morgan fingerprint density at radius 3 is 2.26 bits per heavy atom. The van der Waals surface area contributed by atoms with Gasteiger partial charge in [0.25, 0.3) is 0 Å². The molecule has 0 aromatic heterocycles. The summed E-state index contributed by atoms with van der Waals surface area (Å²) in [5.41, 5.74) is 2.76. The Balaban J connectivity index is 2.14. The number of nitrogens with one attached hydrogen (secondary N) is 1. The van der Waals surface area contributed by atoms with Crippen LogP contribution in [-0.4, -0.2) is 26.7 Å². The number of anilines is 1. The van der Waals surface area contributed by atoms with Crippen LogP contribution >= 0.6 is 0 Å². The largest absolute Gasteiger partial charge is 0.375 e. The molecule has 0 unspecified atom stereocenters. The first kappa shape index (κ1) is 16.0. The van der Waals surface area contributed by atoms with E-state index >= 15 is 0 Å². The van der Waals surface area contributed by atoms with Gasteiger partial charge in [0.05, 0.1) is 0 Å². The van der Waals surface area contributed by atoms with Gasteiger partial charge in [0.2, 0.25) is 0 Å². The Hall–Kier alpha value is -1.02. The standard InChI is InChI=1S/C17H30N2/c1-4-16-10-12-17(13-11-16)19(3)15-9-7-6-8-14-18-5-2/h10-13,18H,4-9,14-15H2,1-3H3. The molecule has 2 heteroatoms. The number of hydrogen-bond donors (Lipinski definition) is 1. The van der Waals surface area contributed by atoms with E-state index in [-0.39, 0.29) is 0 Å². The molecule has 1 aromatic rings. The minimum atomic E-state index is 1.09. The Morgan fingerprint density at radius 2 is 1.63 bits per heavy atom. The molecule has 0 spiro atoms. The lowest BCUT2D eigenvalue weighted by molar-refractivity contribution is 0.597. The normalized spacial score (nSPS) is 10.7. The van der Waals surface area contributed by atoms with Crippen molar-refractivity contribution in [2.45, 2.75) is 46.0 Å². The summed E-state index contributed by atoms with van der Waals surface area (Å²) in [5, 5.41) is 3.37. The highest BCUT2D eigenvalue weighted by Crippen LogP contribution is 2.15. The summed E-state index contributed by atoms with van der Waals surface area (Å²) in [6.45, 7) is 7.79. The predicted molar refractivity (Wildman–Crippen MR) is 86.1 cm³/mol. The first-order valence-corrected chi connectivity index (χ1v) is 7.78. The molecule has 108 valence electrons. The lowest BCUT2D eigenvalue weighted by Crippen LogP contribution is -2.18. The van der Waals surface area contributed by atoms with Crippen LogP contribution in [0.3, 0.4) is 0 Å². The highest BCUT2D eigenvalue weighted by Gasteiger charge is 2.00. The molecule has 2 nitrogen and oxygen atoms in total. The minimum absolute atomic E-state index is 1.09. The molecule has 0 atom stereocenters. The SMILES string of the molecule is CCNCCCCCCN(C)c1ccc(CC)cc1. The Bertz CT molecular complexity index is 319. The third-order valence-electron chi connectivity index (χ3n) is 3.63. The third-order valence-corrected chi connectivity index (χ3v) is 3.63. The van der Waals surface area contributed by atoms with Crippen LogP contribution in [0.15, 0.2) is 24.3 Å². The van der Waals surface area contributed by atoms with Crippen LogP contribution in [0.1, 0.15) is 45.1 Å². The summed E-state index contributed by atoms with van der Waals surface area (Å²) in [5.74, 6) is 0. The van der Waals surface area contributed by atoms with Crippen LogP contribution in [0.4, 0.5) is 5.69 Å². The van der Waals surface area contributed by atoms with Gasteiger partial charge in [-0.3, -0.25) is 0 Å². The fourth-order valence-corrected chi connectivity index (χ4v) is 2.24. The van der Waals surface area contributed by atoms with E-state index in [1.165, 1.54) is 43.5 Å². The quantitative estimate of drug-likeness (QED) is 0.644.